The van der Waals surface area contributed by atoms with Gasteiger partial charge in [0.25, 0.3) is 0 Å². The Labute approximate surface area is 139 Å². The molecular formula is C17H22FNO3S. The zero-order valence-corrected chi connectivity index (χ0v) is 14.1. The smallest absolute Gasteiger partial charge is 0.339 e. The minimum atomic E-state index is -0.844. The molecule has 1 aromatic rings. The van der Waals surface area contributed by atoms with Crippen LogP contribution in [0.15, 0.2) is 0 Å². The highest BCUT2D eigenvalue weighted by molar-refractivity contribution is 7.12. The van der Waals surface area contributed by atoms with E-state index in [9.17, 15) is 14.0 Å². The molecule has 0 spiro atoms. The van der Waals surface area contributed by atoms with E-state index in [1.807, 2.05) is 0 Å². The maximum absolute atomic E-state index is 13.0. The first-order valence-electron chi connectivity index (χ1n) is 8.22. The van der Waals surface area contributed by atoms with Gasteiger partial charge >= 0.3 is 5.97 Å². The maximum Gasteiger partial charge on any atom is 0.339 e. The molecule has 0 radical (unpaired) electrons. The molecule has 0 aromatic carbocycles. The summed E-state index contributed by atoms with van der Waals surface area (Å²) in [7, 11) is 0. The number of rotatable bonds is 5. The molecule has 1 atom stereocenters. The first-order chi connectivity index (χ1) is 11.0. The highest BCUT2D eigenvalue weighted by Crippen LogP contribution is 2.37. The molecule has 2 aliphatic rings. The molecule has 0 amide bonds. The molecule has 0 unspecified atom stereocenters. The fraction of sp³-hybridized carbons (Fsp3) is 0.647. The number of nitrogens with two attached hydrogens (primary N) is 1. The lowest BCUT2D eigenvalue weighted by molar-refractivity contribution is -0.126. The number of thiophene rings is 1. The fourth-order valence-electron chi connectivity index (χ4n) is 3.35. The number of Topliss-reactive ketones (excluding diaryl/α,β-unsaturated/α-hetero) is 1. The minimum absolute atomic E-state index is 0.0346. The van der Waals surface area contributed by atoms with Gasteiger partial charge in [-0.2, -0.15) is 0 Å². The van der Waals surface area contributed by atoms with E-state index in [-0.39, 0.29) is 30.1 Å². The SMILES string of the molecule is CCOC(=O)c1c(CC(=O)C2CC(F)C2)sc2c1C[C@@H](N)CC2. The average Bonchev–Trinajstić information content (AvgIpc) is 2.81. The van der Waals surface area contributed by atoms with Crippen LogP contribution in [0.2, 0.25) is 0 Å². The fourth-order valence-corrected chi connectivity index (χ4v) is 4.70. The highest BCUT2D eigenvalue weighted by atomic mass is 32.1. The highest BCUT2D eigenvalue weighted by Gasteiger charge is 2.36. The Morgan fingerprint density at radius 3 is 2.78 bits per heavy atom. The normalized spacial score (nSPS) is 26.3. The van der Waals surface area contributed by atoms with E-state index in [1.165, 1.54) is 11.3 Å². The first-order valence-corrected chi connectivity index (χ1v) is 9.04. The van der Waals surface area contributed by atoms with E-state index in [0.717, 1.165) is 28.2 Å². The van der Waals surface area contributed by atoms with Gasteiger partial charge in [-0.3, -0.25) is 4.79 Å². The monoisotopic (exact) mass is 339 g/mol. The molecule has 6 heteroatoms. The van der Waals surface area contributed by atoms with Crippen molar-refractivity contribution in [1.29, 1.82) is 0 Å². The number of alkyl halides is 1. The van der Waals surface area contributed by atoms with Gasteiger partial charge < -0.3 is 10.5 Å². The molecule has 4 nitrogen and oxygen atoms in total. The number of carbonyl (C=O) groups excluding carboxylic acids is 2. The number of hydrogen-bond donors (Lipinski definition) is 1. The summed E-state index contributed by atoms with van der Waals surface area (Å²) in [5, 5.41) is 0. The minimum Gasteiger partial charge on any atom is -0.462 e. The molecule has 3 rings (SSSR count). The number of ether oxygens (including phenoxy) is 1. The van der Waals surface area contributed by atoms with Crippen LogP contribution in [0.4, 0.5) is 4.39 Å². The van der Waals surface area contributed by atoms with Crippen LogP contribution in [0.25, 0.3) is 0 Å². The van der Waals surface area contributed by atoms with Gasteiger partial charge in [0.1, 0.15) is 12.0 Å². The molecule has 0 saturated heterocycles. The van der Waals surface area contributed by atoms with Crippen molar-refractivity contribution in [1.82, 2.24) is 0 Å². The third-order valence-corrected chi connectivity index (χ3v) is 6.01. The summed E-state index contributed by atoms with van der Waals surface area (Å²) in [6, 6.07) is 0.0488. The van der Waals surface area contributed by atoms with Crippen molar-refractivity contribution in [3.05, 3.63) is 20.9 Å². The Morgan fingerprint density at radius 2 is 2.13 bits per heavy atom. The van der Waals surface area contributed by atoms with Gasteiger partial charge in [-0.25, -0.2) is 9.18 Å². The molecule has 1 aromatic heterocycles. The van der Waals surface area contributed by atoms with Crippen LogP contribution in [-0.2, 0) is 28.8 Å². The Kier molecular flexibility index (Phi) is 4.82. The number of ketones is 1. The van der Waals surface area contributed by atoms with Gasteiger partial charge in [-0.15, -0.1) is 11.3 Å². The summed E-state index contributed by atoms with van der Waals surface area (Å²) in [6.07, 6.45) is 2.41. The molecule has 23 heavy (non-hydrogen) atoms. The van der Waals surface area contributed by atoms with E-state index >= 15 is 0 Å². The lowest BCUT2D eigenvalue weighted by Crippen LogP contribution is -2.32. The van der Waals surface area contributed by atoms with E-state index < -0.39 is 6.17 Å². The summed E-state index contributed by atoms with van der Waals surface area (Å²) in [4.78, 5) is 26.6. The lowest BCUT2D eigenvalue weighted by Gasteiger charge is -2.28. The number of halogens is 1. The quantitative estimate of drug-likeness (QED) is 0.837. The van der Waals surface area contributed by atoms with Crippen LogP contribution in [0.3, 0.4) is 0 Å². The van der Waals surface area contributed by atoms with Gasteiger partial charge in [0.2, 0.25) is 0 Å². The summed E-state index contributed by atoms with van der Waals surface area (Å²) < 4.78 is 18.1. The molecule has 1 fully saturated rings. The lowest BCUT2D eigenvalue weighted by atomic mass is 9.79. The predicted molar refractivity (Wildman–Crippen MR) is 86.6 cm³/mol. The van der Waals surface area contributed by atoms with Gasteiger partial charge in [0.15, 0.2) is 0 Å². The standard InChI is InChI=1S/C17H22FNO3S/c1-2-22-17(21)16-12-7-11(19)3-4-14(12)23-15(16)8-13(20)9-5-10(18)6-9/h9-11H,2-8,19H2,1H3/t9?,10?,11-/m0/s1. The number of fused-ring (bicyclic) bond motifs is 1. The zero-order chi connectivity index (χ0) is 16.6. The van der Waals surface area contributed by atoms with Crippen LogP contribution in [0.1, 0.15) is 51.9 Å². The number of hydrogen-bond acceptors (Lipinski definition) is 5. The average molecular weight is 339 g/mol. The molecule has 2 aliphatic carbocycles. The van der Waals surface area contributed by atoms with Crippen molar-refractivity contribution >= 4 is 23.1 Å². The van der Waals surface area contributed by atoms with E-state index in [1.54, 1.807) is 6.92 Å². The summed E-state index contributed by atoms with van der Waals surface area (Å²) in [5.41, 5.74) is 7.55. The Bertz CT molecular complexity index is 622. The first kappa shape index (κ1) is 16.6. The van der Waals surface area contributed by atoms with Crippen molar-refractivity contribution in [2.75, 3.05) is 6.61 Å². The van der Waals surface area contributed by atoms with Crippen LogP contribution < -0.4 is 5.73 Å². The van der Waals surface area contributed by atoms with Crippen molar-refractivity contribution in [3.63, 3.8) is 0 Å². The maximum atomic E-state index is 13.0. The van der Waals surface area contributed by atoms with Crippen molar-refractivity contribution in [3.8, 4) is 0 Å². The Morgan fingerprint density at radius 1 is 1.39 bits per heavy atom. The summed E-state index contributed by atoms with van der Waals surface area (Å²) in [6.45, 7) is 2.07. The molecule has 2 N–H and O–H groups in total. The molecule has 0 aliphatic heterocycles. The topological polar surface area (TPSA) is 69.4 Å². The number of carbonyl (C=O) groups is 2. The van der Waals surface area contributed by atoms with E-state index in [4.69, 9.17) is 10.5 Å². The molecular weight excluding hydrogens is 317 g/mol. The second-order valence-corrected chi connectivity index (χ2v) is 7.62. The molecule has 1 saturated carbocycles. The van der Waals surface area contributed by atoms with Gasteiger partial charge in [-0.05, 0) is 44.6 Å². The zero-order valence-electron chi connectivity index (χ0n) is 13.3. The van der Waals surface area contributed by atoms with Crippen molar-refractivity contribution < 1.29 is 18.7 Å². The van der Waals surface area contributed by atoms with Crippen molar-refractivity contribution in [2.24, 2.45) is 11.7 Å². The molecule has 1 heterocycles. The van der Waals surface area contributed by atoms with Crippen LogP contribution in [0.5, 0.6) is 0 Å². The molecule has 126 valence electrons. The van der Waals surface area contributed by atoms with E-state index in [2.05, 4.69) is 0 Å². The van der Waals surface area contributed by atoms with Gasteiger partial charge in [0.05, 0.1) is 12.2 Å². The summed E-state index contributed by atoms with van der Waals surface area (Å²) >= 11 is 1.53. The van der Waals surface area contributed by atoms with Crippen LogP contribution >= 0.6 is 11.3 Å². The second kappa shape index (κ2) is 6.69. The largest absolute Gasteiger partial charge is 0.462 e. The summed E-state index contributed by atoms with van der Waals surface area (Å²) in [5.74, 6) is -0.521. The number of aryl methyl sites for hydroxylation is 1. The van der Waals surface area contributed by atoms with E-state index in [0.29, 0.717) is 31.4 Å². The molecule has 0 bridgehead atoms. The third-order valence-electron chi connectivity index (χ3n) is 4.72. The number of esters is 1. The third kappa shape index (κ3) is 3.33. The van der Waals surface area contributed by atoms with Crippen molar-refractivity contribution in [2.45, 2.75) is 57.7 Å². The Hall–Kier alpha value is -1.27. The Balaban J connectivity index is 1.86. The van der Waals surface area contributed by atoms with Gasteiger partial charge in [0, 0.05) is 28.1 Å². The second-order valence-electron chi connectivity index (χ2n) is 6.43. The predicted octanol–water partition coefficient (Wildman–Crippen LogP) is 2.60. The van der Waals surface area contributed by atoms with Crippen LogP contribution in [0, 0.1) is 5.92 Å². The van der Waals surface area contributed by atoms with Gasteiger partial charge in [-0.1, -0.05) is 0 Å². The van der Waals surface area contributed by atoms with Crippen LogP contribution in [-0.4, -0.2) is 30.6 Å².